The Morgan fingerprint density at radius 3 is 2.00 bits per heavy atom. The van der Waals surface area contributed by atoms with E-state index in [4.69, 9.17) is 19.5 Å². The molecule has 2 aromatic carbocycles. The Hall–Kier alpha value is -1.84. The molecule has 152 valence electrons. The van der Waals surface area contributed by atoms with Gasteiger partial charge in [0.1, 0.15) is 12.5 Å². The molecule has 0 spiro atoms. The summed E-state index contributed by atoms with van der Waals surface area (Å²) in [5, 5.41) is 0. The van der Waals surface area contributed by atoms with E-state index < -0.39 is 0 Å². The van der Waals surface area contributed by atoms with Gasteiger partial charge >= 0.3 is 0 Å². The van der Waals surface area contributed by atoms with Crippen molar-refractivity contribution in [3.63, 3.8) is 0 Å². The van der Waals surface area contributed by atoms with E-state index in [0.29, 0.717) is 25.0 Å². The second-order valence-corrected chi connectivity index (χ2v) is 7.43. The molecule has 27 heavy (non-hydrogen) atoms. The summed E-state index contributed by atoms with van der Waals surface area (Å²) in [6.45, 7) is 10.0. The monoisotopic (exact) mass is 408 g/mol. The van der Waals surface area contributed by atoms with Crippen LogP contribution in [0.15, 0.2) is 58.5 Å². The van der Waals surface area contributed by atoms with Gasteiger partial charge in [-0.05, 0) is 17.4 Å². The molecule has 0 saturated heterocycles. The van der Waals surface area contributed by atoms with Crippen molar-refractivity contribution in [3.05, 3.63) is 59.7 Å². The fourth-order valence-corrected chi connectivity index (χ4v) is 2.87. The Morgan fingerprint density at radius 2 is 1.48 bits per heavy atom. The SMILES string of the molecule is CC(C)[C@H]1COC(c2ccc[c-]2C2=N[C@@H](C(C)C)CO2)=N1.[Fe].[cH-]1[cH-][cH-][cH-][cH-]1. The summed E-state index contributed by atoms with van der Waals surface area (Å²) in [5.41, 5.74) is 2.00. The fraction of sp³-hybridized carbons (Fsp3) is 0.455. The van der Waals surface area contributed by atoms with Gasteiger partial charge in [-0.25, -0.2) is 0 Å². The molecule has 0 radical (unpaired) electrons. The summed E-state index contributed by atoms with van der Waals surface area (Å²) < 4.78 is 11.6. The zero-order valence-corrected chi connectivity index (χ0v) is 17.5. The summed E-state index contributed by atoms with van der Waals surface area (Å²) in [6, 6.07) is 16.6. The molecule has 2 aliphatic rings. The van der Waals surface area contributed by atoms with Crippen LogP contribution in [-0.2, 0) is 26.5 Å². The van der Waals surface area contributed by atoms with Gasteiger partial charge in [0.25, 0.3) is 0 Å². The molecule has 0 saturated carbocycles. The first kappa shape index (κ1) is 21.5. The quantitative estimate of drug-likeness (QED) is 0.556. The first-order valence-electron chi connectivity index (χ1n) is 9.40. The number of nitrogens with zero attached hydrogens (tertiary/aromatic N) is 2. The Bertz CT molecular complexity index is 678. The van der Waals surface area contributed by atoms with Crippen molar-refractivity contribution in [1.29, 1.82) is 0 Å². The molecule has 0 fully saturated rings. The number of rotatable bonds is 4. The van der Waals surface area contributed by atoms with Crippen LogP contribution in [0.4, 0.5) is 0 Å². The molecule has 2 heterocycles. The van der Waals surface area contributed by atoms with Crippen molar-refractivity contribution in [2.75, 3.05) is 13.2 Å². The predicted molar refractivity (Wildman–Crippen MR) is 106 cm³/mol. The van der Waals surface area contributed by atoms with Crippen LogP contribution in [0.5, 0.6) is 0 Å². The van der Waals surface area contributed by atoms with Crippen molar-refractivity contribution >= 4 is 11.8 Å². The summed E-state index contributed by atoms with van der Waals surface area (Å²) >= 11 is 0. The second kappa shape index (κ2) is 9.91. The maximum absolute atomic E-state index is 5.79. The fourth-order valence-electron chi connectivity index (χ4n) is 2.87. The molecule has 4 rings (SSSR count). The molecule has 5 heteroatoms. The summed E-state index contributed by atoms with van der Waals surface area (Å²) in [5.74, 6) is 2.44. The Morgan fingerprint density at radius 1 is 0.926 bits per heavy atom. The van der Waals surface area contributed by atoms with E-state index in [1.807, 2.05) is 48.5 Å². The van der Waals surface area contributed by atoms with Crippen LogP contribution in [0.1, 0.15) is 38.8 Å². The van der Waals surface area contributed by atoms with E-state index in [9.17, 15) is 0 Å². The van der Waals surface area contributed by atoms with Gasteiger partial charge in [-0.2, -0.15) is 12.1 Å². The Kier molecular flexibility index (Phi) is 7.88. The number of hydrogen-bond donors (Lipinski definition) is 0. The van der Waals surface area contributed by atoms with Crippen molar-refractivity contribution < 1.29 is 26.5 Å². The van der Waals surface area contributed by atoms with Crippen LogP contribution in [0, 0.1) is 11.8 Å². The van der Waals surface area contributed by atoms with Crippen molar-refractivity contribution in [1.82, 2.24) is 0 Å². The molecular formula is C22H28FeN2O2-6. The Balaban J connectivity index is 0.000000379. The van der Waals surface area contributed by atoms with E-state index in [2.05, 4.69) is 27.7 Å². The normalized spacial score (nSPS) is 21.0. The van der Waals surface area contributed by atoms with Crippen LogP contribution in [0.2, 0.25) is 0 Å². The number of aliphatic imine (C=N–C) groups is 2. The molecule has 2 aromatic rings. The van der Waals surface area contributed by atoms with Gasteiger partial charge in [-0.3, -0.25) is 9.98 Å². The third-order valence-electron chi connectivity index (χ3n) is 4.72. The molecule has 0 aliphatic carbocycles. The maximum atomic E-state index is 5.79. The van der Waals surface area contributed by atoms with Gasteiger partial charge < -0.3 is 39.8 Å². The minimum absolute atomic E-state index is 0. The zero-order chi connectivity index (χ0) is 18.5. The molecule has 0 unspecified atom stereocenters. The third-order valence-corrected chi connectivity index (χ3v) is 4.72. The van der Waals surface area contributed by atoms with Gasteiger partial charge in [0, 0.05) is 17.1 Å². The van der Waals surface area contributed by atoms with E-state index in [1.54, 1.807) is 0 Å². The average Bonchev–Trinajstić information content (AvgIpc) is 3.44. The molecule has 0 aromatic heterocycles. The van der Waals surface area contributed by atoms with Crippen LogP contribution in [0.3, 0.4) is 0 Å². The minimum atomic E-state index is 0. The molecule has 0 N–H and O–H groups in total. The van der Waals surface area contributed by atoms with Gasteiger partial charge in [0.05, 0.1) is 18.7 Å². The smallest absolute Gasteiger partial charge is 0.171 e. The number of hydrogen-bond acceptors (Lipinski definition) is 4. The van der Waals surface area contributed by atoms with Gasteiger partial charge in [0.15, 0.2) is 5.90 Å². The largest absolute Gasteiger partial charge is 0.748 e. The van der Waals surface area contributed by atoms with E-state index >= 15 is 0 Å². The van der Waals surface area contributed by atoms with Crippen molar-refractivity contribution in [3.8, 4) is 0 Å². The molecule has 4 nitrogen and oxygen atoms in total. The molecular weight excluding hydrogens is 380 g/mol. The van der Waals surface area contributed by atoms with Crippen molar-refractivity contribution in [2.45, 2.75) is 39.8 Å². The minimum Gasteiger partial charge on any atom is -0.748 e. The standard InChI is InChI=1S/C17H23N2O2.C5H5.Fe/c1-10(2)14-8-20-16(18-14)12-6-5-7-13(12)17-19-15(9-21-17)11(3)4;1-2-4-5-3-1;/h5-7,10-11,14-15H,8-9H2,1-4H3;1-5H;/q-1;-5;/t14-,15-;;/m1../s1. The first-order valence-corrected chi connectivity index (χ1v) is 9.40. The number of ether oxygens (including phenoxy) is 2. The zero-order valence-electron chi connectivity index (χ0n) is 16.4. The average molecular weight is 408 g/mol. The summed E-state index contributed by atoms with van der Waals surface area (Å²) in [4.78, 5) is 9.40. The van der Waals surface area contributed by atoms with Gasteiger partial charge in [-0.1, -0.05) is 33.3 Å². The van der Waals surface area contributed by atoms with Crippen molar-refractivity contribution in [2.24, 2.45) is 21.8 Å². The van der Waals surface area contributed by atoms with Crippen LogP contribution < -0.4 is 0 Å². The topological polar surface area (TPSA) is 43.2 Å². The first-order chi connectivity index (χ1) is 12.6. The van der Waals surface area contributed by atoms with E-state index in [1.165, 1.54) is 0 Å². The molecule has 0 amide bonds. The molecule has 2 atom stereocenters. The van der Waals surface area contributed by atoms with Gasteiger partial charge in [-0.15, -0.1) is 6.07 Å². The predicted octanol–water partition coefficient (Wildman–Crippen LogP) is 4.41. The second-order valence-electron chi connectivity index (χ2n) is 7.43. The third kappa shape index (κ3) is 5.33. The summed E-state index contributed by atoms with van der Waals surface area (Å²) in [6.07, 6.45) is 0. The van der Waals surface area contributed by atoms with Gasteiger partial charge in [0.2, 0.25) is 0 Å². The van der Waals surface area contributed by atoms with Crippen LogP contribution in [0.25, 0.3) is 0 Å². The maximum Gasteiger partial charge on any atom is 0.171 e. The van der Waals surface area contributed by atoms with E-state index in [0.717, 1.165) is 22.9 Å². The molecule has 0 bridgehead atoms. The van der Waals surface area contributed by atoms with E-state index in [-0.39, 0.29) is 29.2 Å². The molecule has 2 aliphatic heterocycles. The Labute approximate surface area is 172 Å². The summed E-state index contributed by atoms with van der Waals surface area (Å²) in [7, 11) is 0. The van der Waals surface area contributed by atoms with Crippen LogP contribution >= 0.6 is 0 Å². The van der Waals surface area contributed by atoms with Crippen LogP contribution in [-0.4, -0.2) is 37.1 Å².